The molecule has 0 aliphatic heterocycles. The molecule has 1 N–H and O–H groups in total. The van der Waals surface area contributed by atoms with E-state index in [1.165, 1.54) is 0 Å². The monoisotopic (exact) mass is 233 g/mol. The molecule has 2 heterocycles. The zero-order chi connectivity index (χ0) is 12.3. The van der Waals surface area contributed by atoms with E-state index in [-0.39, 0.29) is 0 Å². The number of hydrogen-bond acceptors (Lipinski definition) is 5. The van der Waals surface area contributed by atoms with Gasteiger partial charge in [0.1, 0.15) is 0 Å². The second kappa shape index (κ2) is 4.82. The lowest BCUT2D eigenvalue weighted by molar-refractivity contribution is 0.457. The van der Waals surface area contributed by atoms with Crippen molar-refractivity contribution < 1.29 is 4.74 Å². The van der Waals surface area contributed by atoms with E-state index in [0.717, 1.165) is 12.1 Å². The van der Waals surface area contributed by atoms with Crippen LogP contribution in [-0.2, 0) is 6.54 Å². The van der Waals surface area contributed by atoms with Crippen LogP contribution < -0.4 is 10.1 Å². The first-order chi connectivity index (χ1) is 8.22. The van der Waals surface area contributed by atoms with Crippen LogP contribution in [0.15, 0.2) is 18.6 Å². The minimum atomic E-state index is 0.536. The van der Waals surface area contributed by atoms with Crippen LogP contribution in [0.25, 0.3) is 0 Å². The maximum Gasteiger partial charge on any atom is 0.227 e. The molecule has 0 unspecified atom stereocenters. The third-order valence-corrected chi connectivity index (χ3v) is 2.30. The summed E-state index contributed by atoms with van der Waals surface area (Å²) in [6.07, 6.45) is 5.23. The Hall–Kier alpha value is -2.11. The number of nitrogens with zero attached hydrogens (tertiary/aromatic N) is 4. The van der Waals surface area contributed by atoms with E-state index in [1.807, 2.05) is 20.0 Å². The highest BCUT2D eigenvalue weighted by molar-refractivity contribution is 5.34. The van der Waals surface area contributed by atoms with Crippen LogP contribution in [0, 0.1) is 6.92 Å². The van der Waals surface area contributed by atoms with Crippen molar-refractivity contribution in [3.05, 3.63) is 24.2 Å². The van der Waals surface area contributed by atoms with Crippen molar-refractivity contribution in [2.24, 2.45) is 0 Å². The second-order valence-electron chi connectivity index (χ2n) is 3.57. The molecule has 2 rings (SSSR count). The van der Waals surface area contributed by atoms with Gasteiger partial charge in [0, 0.05) is 25.4 Å². The van der Waals surface area contributed by atoms with Gasteiger partial charge in [0.2, 0.25) is 11.8 Å². The van der Waals surface area contributed by atoms with Gasteiger partial charge in [-0.2, -0.15) is 10.1 Å². The Morgan fingerprint density at radius 1 is 1.41 bits per heavy atom. The molecule has 0 amide bonds. The van der Waals surface area contributed by atoms with Gasteiger partial charge in [-0.05, 0) is 13.8 Å². The topological polar surface area (TPSA) is 64.9 Å². The standard InChI is InChI=1S/C11H15N5O/c1-4-16-7-9(6-14-16)17-10-8(2)5-13-11(12-3)15-10/h5-7H,4H2,1-3H3,(H,12,13,15). The van der Waals surface area contributed by atoms with Crippen LogP contribution in [0.5, 0.6) is 11.6 Å². The molecule has 2 aromatic rings. The molecule has 0 fully saturated rings. The van der Waals surface area contributed by atoms with Crippen molar-refractivity contribution in [2.75, 3.05) is 12.4 Å². The second-order valence-corrected chi connectivity index (χ2v) is 3.57. The third kappa shape index (κ3) is 2.52. The minimum Gasteiger partial charge on any atom is -0.435 e. The van der Waals surface area contributed by atoms with Gasteiger partial charge < -0.3 is 10.1 Å². The Kier molecular flexibility index (Phi) is 3.22. The molecule has 6 nitrogen and oxygen atoms in total. The minimum absolute atomic E-state index is 0.536. The number of nitrogens with one attached hydrogen (secondary N) is 1. The molecule has 0 bridgehead atoms. The number of aryl methyl sites for hydroxylation is 2. The van der Waals surface area contributed by atoms with Crippen LogP contribution in [0.1, 0.15) is 12.5 Å². The van der Waals surface area contributed by atoms with Gasteiger partial charge in [0.25, 0.3) is 0 Å². The van der Waals surface area contributed by atoms with Crippen molar-refractivity contribution in [3.63, 3.8) is 0 Å². The number of hydrogen-bond donors (Lipinski definition) is 1. The summed E-state index contributed by atoms with van der Waals surface area (Å²) in [4.78, 5) is 8.34. The summed E-state index contributed by atoms with van der Waals surface area (Å²) in [6.45, 7) is 4.73. The SMILES string of the molecule is CCn1cc(Oc2nc(NC)ncc2C)cn1. The van der Waals surface area contributed by atoms with Gasteiger partial charge in [-0.1, -0.05) is 0 Å². The average molecular weight is 233 g/mol. The molecule has 0 spiro atoms. The van der Waals surface area contributed by atoms with Crippen molar-refractivity contribution >= 4 is 5.95 Å². The molecule has 90 valence electrons. The Labute approximate surface area is 99.7 Å². The molecule has 0 aliphatic carbocycles. The zero-order valence-electron chi connectivity index (χ0n) is 10.1. The van der Waals surface area contributed by atoms with E-state index in [1.54, 1.807) is 24.1 Å². The summed E-state index contributed by atoms with van der Waals surface area (Å²) >= 11 is 0. The molecule has 0 radical (unpaired) electrons. The van der Waals surface area contributed by atoms with E-state index in [2.05, 4.69) is 20.4 Å². The predicted molar refractivity (Wildman–Crippen MR) is 64.3 cm³/mol. The van der Waals surface area contributed by atoms with Crippen molar-refractivity contribution in [3.8, 4) is 11.6 Å². The number of aromatic nitrogens is 4. The van der Waals surface area contributed by atoms with Crippen molar-refractivity contribution in [2.45, 2.75) is 20.4 Å². The molecular formula is C11H15N5O. The van der Waals surface area contributed by atoms with Gasteiger partial charge in [-0.25, -0.2) is 4.98 Å². The van der Waals surface area contributed by atoms with Crippen LogP contribution in [0.2, 0.25) is 0 Å². The molecular weight excluding hydrogens is 218 g/mol. The zero-order valence-corrected chi connectivity index (χ0v) is 10.1. The number of ether oxygens (including phenoxy) is 1. The normalized spacial score (nSPS) is 10.3. The lowest BCUT2D eigenvalue weighted by Gasteiger charge is -2.06. The number of rotatable bonds is 4. The van der Waals surface area contributed by atoms with E-state index in [4.69, 9.17) is 4.74 Å². The van der Waals surface area contributed by atoms with E-state index in [9.17, 15) is 0 Å². The van der Waals surface area contributed by atoms with E-state index >= 15 is 0 Å². The molecule has 2 aromatic heterocycles. The first kappa shape index (κ1) is 11.4. The van der Waals surface area contributed by atoms with Crippen LogP contribution >= 0.6 is 0 Å². The van der Waals surface area contributed by atoms with E-state index in [0.29, 0.717) is 17.6 Å². The Morgan fingerprint density at radius 2 is 2.24 bits per heavy atom. The van der Waals surface area contributed by atoms with Crippen LogP contribution in [0.4, 0.5) is 5.95 Å². The van der Waals surface area contributed by atoms with Gasteiger partial charge in [-0.15, -0.1) is 0 Å². The fourth-order valence-electron chi connectivity index (χ4n) is 1.33. The first-order valence-corrected chi connectivity index (χ1v) is 5.44. The van der Waals surface area contributed by atoms with Crippen LogP contribution in [0.3, 0.4) is 0 Å². The molecule has 6 heteroatoms. The maximum absolute atomic E-state index is 5.66. The quantitative estimate of drug-likeness (QED) is 0.872. The summed E-state index contributed by atoms with van der Waals surface area (Å²) in [5.41, 5.74) is 0.883. The van der Waals surface area contributed by atoms with Crippen molar-refractivity contribution in [1.29, 1.82) is 0 Å². The van der Waals surface area contributed by atoms with Gasteiger partial charge in [-0.3, -0.25) is 4.68 Å². The predicted octanol–water partition coefficient (Wildman–Crippen LogP) is 1.84. The summed E-state index contributed by atoms with van der Waals surface area (Å²) in [6, 6.07) is 0. The summed E-state index contributed by atoms with van der Waals surface area (Å²) in [5.74, 6) is 1.75. The highest BCUT2D eigenvalue weighted by atomic mass is 16.5. The Balaban J connectivity index is 2.22. The third-order valence-electron chi connectivity index (χ3n) is 2.30. The van der Waals surface area contributed by atoms with E-state index < -0.39 is 0 Å². The molecule has 0 aromatic carbocycles. The van der Waals surface area contributed by atoms with Gasteiger partial charge in [0.05, 0.1) is 12.4 Å². The first-order valence-electron chi connectivity index (χ1n) is 5.44. The maximum atomic E-state index is 5.66. The lowest BCUT2D eigenvalue weighted by Crippen LogP contribution is -1.99. The highest BCUT2D eigenvalue weighted by Gasteiger charge is 2.07. The number of anilines is 1. The summed E-state index contributed by atoms with van der Waals surface area (Å²) < 4.78 is 7.46. The summed E-state index contributed by atoms with van der Waals surface area (Å²) in [5, 5.41) is 7.01. The molecule has 0 saturated carbocycles. The molecule has 0 atom stereocenters. The Morgan fingerprint density at radius 3 is 2.88 bits per heavy atom. The summed E-state index contributed by atoms with van der Waals surface area (Å²) in [7, 11) is 1.77. The molecule has 17 heavy (non-hydrogen) atoms. The Bertz CT molecular complexity index is 508. The fourth-order valence-corrected chi connectivity index (χ4v) is 1.33. The average Bonchev–Trinajstić information content (AvgIpc) is 2.80. The van der Waals surface area contributed by atoms with Crippen LogP contribution in [-0.4, -0.2) is 26.8 Å². The smallest absolute Gasteiger partial charge is 0.227 e. The van der Waals surface area contributed by atoms with Gasteiger partial charge >= 0.3 is 0 Å². The molecule has 0 aliphatic rings. The highest BCUT2D eigenvalue weighted by Crippen LogP contribution is 2.22. The van der Waals surface area contributed by atoms with Gasteiger partial charge in [0.15, 0.2) is 5.75 Å². The lowest BCUT2D eigenvalue weighted by atomic mass is 10.4. The van der Waals surface area contributed by atoms with Crippen molar-refractivity contribution in [1.82, 2.24) is 19.7 Å². The molecule has 0 saturated heterocycles. The fraction of sp³-hybridized carbons (Fsp3) is 0.364. The largest absolute Gasteiger partial charge is 0.435 e.